The van der Waals surface area contributed by atoms with E-state index in [0.29, 0.717) is 0 Å². The van der Waals surface area contributed by atoms with Gasteiger partial charge in [0.05, 0.1) is 12.0 Å². The van der Waals surface area contributed by atoms with Crippen LogP contribution in [-0.4, -0.2) is 38.3 Å². The number of carbonyl (C=O) groups excluding carboxylic acids is 1. The molecule has 4 heteroatoms. The second-order valence-electron chi connectivity index (χ2n) is 5.24. The molecule has 2 atom stereocenters. The van der Waals surface area contributed by atoms with Crippen LogP contribution in [0.1, 0.15) is 32.6 Å². The summed E-state index contributed by atoms with van der Waals surface area (Å²) in [6, 6.07) is 0. The van der Waals surface area contributed by atoms with Crippen LogP contribution in [0.5, 0.6) is 0 Å². The van der Waals surface area contributed by atoms with Crippen molar-refractivity contribution >= 4 is 5.91 Å². The first-order valence-corrected chi connectivity index (χ1v) is 6.87. The number of piperidine rings is 1. The fourth-order valence-electron chi connectivity index (χ4n) is 2.78. The molecule has 0 aliphatic carbocycles. The summed E-state index contributed by atoms with van der Waals surface area (Å²) in [5, 5.41) is 6.42. The Labute approximate surface area is 103 Å². The van der Waals surface area contributed by atoms with E-state index in [-0.39, 0.29) is 17.9 Å². The van der Waals surface area contributed by atoms with Crippen molar-refractivity contribution in [3.05, 3.63) is 0 Å². The maximum Gasteiger partial charge on any atom is 0.225 e. The van der Waals surface area contributed by atoms with Crippen molar-refractivity contribution < 1.29 is 9.53 Å². The quantitative estimate of drug-likeness (QED) is 0.768. The van der Waals surface area contributed by atoms with Crippen molar-refractivity contribution in [1.29, 1.82) is 0 Å². The largest absolute Gasteiger partial charge is 0.378 e. The van der Waals surface area contributed by atoms with Gasteiger partial charge >= 0.3 is 0 Å². The number of nitrogens with one attached hydrogen (secondary N) is 2. The predicted molar refractivity (Wildman–Crippen MR) is 66.7 cm³/mol. The molecule has 0 spiro atoms. The number of rotatable bonds is 4. The van der Waals surface area contributed by atoms with Crippen LogP contribution in [0.15, 0.2) is 0 Å². The van der Waals surface area contributed by atoms with Crippen LogP contribution in [0.2, 0.25) is 0 Å². The van der Waals surface area contributed by atoms with Gasteiger partial charge in [-0.15, -0.1) is 0 Å². The Balaban J connectivity index is 1.62. The van der Waals surface area contributed by atoms with Crippen molar-refractivity contribution in [3.63, 3.8) is 0 Å². The minimum absolute atomic E-state index is 0.0722. The van der Waals surface area contributed by atoms with Gasteiger partial charge in [0.2, 0.25) is 5.91 Å². The van der Waals surface area contributed by atoms with Crippen LogP contribution in [0.3, 0.4) is 0 Å². The average molecular weight is 240 g/mol. The van der Waals surface area contributed by atoms with E-state index in [1.165, 1.54) is 12.8 Å². The molecule has 2 saturated heterocycles. The highest BCUT2D eigenvalue weighted by molar-refractivity contribution is 5.79. The maximum absolute atomic E-state index is 11.9. The van der Waals surface area contributed by atoms with Gasteiger partial charge in [-0.05, 0) is 51.6 Å². The normalized spacial score (nSPS) is 30.4. The minimum Gasteiger partial charge on any atom is -0.378 e. The first-order valence-electron chi connectivity index (χ1n) is 6.87. The van der Waals surface area contributed by atoms with Gasteiger partial charge in [0, 0.05) is 13.2 Å². The van der Waals surface area contributed by atoms with Crippen LogP contribution < -0.4 is 10.6 Å². The van der Waals surface area contributed by atoms with E-state index in [1.807, 2.05) is 6.92 Å². The van der Waals surface area contributed by atoms with Gasteiger partial charge in [-0.2, -0.15) is 0 Å². The highest BCUT2D eigenvalue weighted by Gasteiger charge is 2.30. The first kappa shape index (κ1) is 12.8. The summed E-state index contributed by atoms with van der Waals surface area (Å²) in [6.07, 6.45) is 4.58. The molecule has 4 nitrogen and oxygen atoms in total. The molecule has 1 amide bonds. The van der Waals surface area contributed by atoms with Crippen LogP contribution >= 0.6 is 0 Å². The van der Waals surface area contributed by atoms with E-state index in [1.54, 1.807) is 0 Å². The Morgan fingerprint density at radius 2 is 2.12 bits per heavy atom. The lowest BCUT2D eigenvalue weighted by Crippen LogP contribution is -2.36. The molecule has 0 aromatic carbocycles. The van der Waals surface area contributed by atoms with E-state index in [9.17, 15) is 4.79 Å². The molecular formula is C13H24N2O2. The molecular weight excluding hydrogens is 216 g/mol. The highest BCUT2D eigenvalue weighted by Crippen LogP contribution is 2.20. The molecule has 0 saturated carbocycles. The van der Waals surface area contributed by atoms with Gasteiger partial charge in [-0.3, -0.25) is 4.79 Å². The van der Waals surface area contributed by atoms with Crippen LogP contribution in [0.4, 0.5) is 0 Å². The molecule has 2 heterocycles. The third-order valence-corrected chi connectivity index (χ3v) is 4.02. The molecule has 2 N–H and O–H groups in total. The fraction of sp³-hybridized carbons (Fsp3) is 0.923. The average Bonchev–Trinajstić information content (AvgIpc) is 2.77. The van der Waals surface area contributed by atoms with Gasteiger partial charge in [0.25, 0.3) is 0 Å². The SMILES string of the molecule is CC1OCCC1C(=O)NCCC1CCNCC1. The number of hydrogen-bond donors (Lipinski definition) is 2. The zero-order valence-electron chi connectivity index (χ0n) is 10.7. The Kier molecular flexibility index (Phi) is 4.80. The Hall–Kier alpha value is -0.610. The third-order valence-electron chi connectivity index (χ3n) is 4.02. The molecule has 98 valence electrons. The second-order valence-corrected chi connectivity index (χ2v) is 5.24. The molecule has 17 heavy (non-hydrogen) atoms. The van der Waals surface area contributed by atoms with E-state index in [4.69, 9.17) is 4.74 Å². The summed E-state index contributed by atoms with van der Waals surface area (Å²) >= 11 is 0. The summed E-state index contributed by atoms with van der Waals surface area (Å²) in [5.74, 6) is 1.04. The molecule has 2 fully saturated rings. The maximum atomic E-state index is 11.9. The molecule has 2 rings (SSSR count). The van der Waals surface area contributed by atoms with E-state index >= 15 is 0 Å². The minimum atomic E-state index is 0.0722. The molecule has 2 aliphatic heterocycles. The predicted octanol–water partition coefficient (Wildman–Crippen LogP) is 0.917. The van der Waals surface area contributed by atoms with Crippen LogP contribution in [0, 0.1) is 11.8 Å². The van der Waals surface area contributed by atoms with Gasteiger partial charge in [0.15, 0.2) is 0 Å². The molecule has 0 aromatic heterocycles. The Morgan fingerprint density at radius 3 is 2.76 bits per heavy atom. The lowest BCUT2D eigenvalue weighted by atomic mass is 9.94. The van der Waals surface area contributed by atoms with E-state index < -0.39 is 0 Å². The standard InChI is InChI=1S/C13H24N2O2/c1-10-12(5-9-17-10)13(16)15-8-4-11-2-6-14-7-3-11/h10-12,14H,2-9H2,1H3,(H,15,16). The number of hydrogen-bond acceptors (Lipinski definition) is 3. The Morgan fingerprint density at radius 1 is 1.35 bits per heavy atom. The van der Waals surface area contributed by atoms with Crippen molar-refractivity contribution in [2.45, 2.75) is 38.7 Å². The molecule has 0 radical (unpaired) electrons. The van der Waals surface area contributed by atoms with Gasteiger partial charge in [0.1, 0.15) is 0 Å². The summed E-state index contributed by atoms with van der Waals surface area (Å²) in [4.78, 5) is 11.9. The first-order chi connectivity index (χ1) is 8.27. The van der Waals surface area contributed by atoms with Gasteiger partial charge < -0.3 is 15.4 Å². The molecule has 0 bridgehead atoms. The Bertz CT molecular complexity index is 252. The van der Waals surface area contributed by atoms with E-state index in [0.717, 1.165) is 45.0 Å². The summed E-state index contributed by atoms with van der Waals surface area (Å²) < 4.78 is 5.41. The van der Waals surface area contributed by atoms with Crippen LogP contribution in [-0.2, 0) is 9.53 Å². The fourth-order valence-corrected chi connectivity index (χ4v) is 2.78. The molecule has 0 aromatic rings. The molecule has 2 aliphatic rings. The van der Waals surface area contributed by atoms with Gasteiger partial charge in [-0.25, -0.2) is 0 Å². The number of amides is 1. The summed E-state index contributed by atoms with van der Waals surface area (Å²) in [5.41, 5.74) is 0. The zero-order valence-corrected chi connectivity index (χ0v) is 10.7. The molecule has 2 unspecified atom stereocenters. The highest BCUT2D eigenvalue weighted by atomic mass is 16.5. The monoisotopic (exact) mass is 240 g/mol. The van der Waals surface area contributed by atoms with Crippen LogP contribution in [0.25, 0.3) is 0 Å². The second kappa shape index (κ2) is 6.36. The zero-order chi connectivity index (χ0) is 12.1. The lowest BCUT2D eigenvalue weighted by molar-refractivity contribution is -0.126. The summed E-state index contributed by atoms with van der Waals surface area (Å²) in [7, 11) is 0. The van der Waals surface area contributed by atoms with Crippen molar-refractivity contribution in [2.24, 2.45) is 11.8 Å². The number of carbonyl (C=O) groups is 1. The van der Waals surface area contributed by atoms with E-state index in [2.05, 4.69) is 10.6 Å². The summed E-state index contributed by atoms with van der Waals surface area (Å²) in [6.45, 7) is 5.81. The van der Waals surface area contributed by atoms with Gasteiger partial charge in [-0.1, -0.05) is 0 Å². The van der Waals surface area contributed by atoms with Crippen molar-refractivity contribution in [1.82, 2.24) is 10.6 Å². The third kappa shape index (κ3) is 3.68. The van der Waals surface area contributed by atoms with Crippen molar-refractivity contribution in [3.8, 4) is 0 Å². The number of ether oxygens (including phenoxy) is 1. The topological polar surface area (TPSA) is 50.4 Å². The smallest absolute Gasteiger partial charge is 0.225 e. The lowest BCUT2D eigenvalue weighted by Gasteiger charge is -2.23. The van der Waals surface area contributed by atoms with Crippen molar-refractivity contribution in [2.75, 3.05) is 26.2 Å².